The van der Waals surface area contributed by atoms with Gasteiger partial charge in [0.1, 0.15) is 12.1 Å². The molecule has 0 radical (unpaired) electrons. The Bertz CT molecular complexity index is 404. The SMILES string of the molecule is O=CCc1cccnc1N1CCCCC1=O. The second kappa shape index (κ2) is 4.88. The Kier molecular flexibility index (Phi) is 3.29. The molecule has 4 heteroatoms. The first-order chi connectivity index (χ1) is 7.83. The van der Waals surface area contributed by atoms with Gasteiger partial charge in [-0.1, -0.05) is 6.07 Å². The molecule has 1 saturated heterocycles. The van der Waals surface area contributed by atoms with Crippen LogP contribution in [0.15, 0.2) is 18.3 Å². The maximum absolute atomic E-state index is 11.7. The zero-order valence-electron chi connectivity index (χ0n) is 9.06. The fourth-order valence-electron chi connectivity index (χ4n) is 1.95. The molecule has 0 aromatic carbocycles. The zero-order valence-corrected chi connectivity index (χ0v) is 9.06. The molecule has 2 heterocycles. The second-order valence-corrected chi connectivity index (χ2v) is 3.86. The molecule has 1 aliphatic heterocycles. The Morgan fingerprint density at radius 2 is 2.31 bits per heavy atom. The summed E-state index contributed by atoms with van der Waals surface area (Å²) < 4.78 is 0. The molecule has 0 saturated carbocycles. The van der Waals surface area contributed by atoms with E-state index in [1.54, 1.807) is 17.2 Å². The van der Waals surface area contributed by atoms with Crippen LogP contribution in [-0.4, -0.2) is 23.7 Å². The lowest BCUT2D eigenvalue weighted by Crippen LogP contribution is -2.36. The first-order valence-electron chi connectivity index (χ1n) is 5.51. The molecule has 0 bridgehead atoms. The van der Waals surface area contributed by atoms with Crippen LogP contribution < -0.4 is 4.90 Å². The number of pyridine rings is 1. The van der Waals surface area contributed by atoms with Gasteiger partial charge in [0, 0.05) is 31.1 Å². The van der Waals surface area contributed by atoms with E-state index >= 15 is 0 Å². The van der Waals surface area contributed by atoms with Crippen LogP contribution in [0.2, 0.25) is 0 Å². The highest BCUT2D eigenvalue weighted by Gasteiger charge is 2.22. The minimum Gasteiger partial charge on any atom is -0.303 e. The molecule has 0 aliphatic carbocycles. The van der Waals surface area contributed by atoms with E-state index in [1.165, 1.54) is 0 Å². The number of rotatable bonds is 3. The van der Waals surface area contributed by atoms with Crippen LogP contribution in [0.4, 0.5) is 5.82 Å². The number of hydrogen-bond donors (Lipinski definition) is 0. The number of anilines is 1. The van der Waals surface area contributed by atoms with Gasteiger partial charge in [0.25, 0.3) is 0 Å². The van der Waals surface area contributed by atoms with Gasteiger partial charge in [-0.2, -0.15) is 0 Å². The molecule has 1 aromatic rings. The first-order valence-corrected chi connectivity index (χ1v) is 5.51. The standard InChI is InChI=1S/C12H14N2O2/c15-9-6-10-4-3-7-13-12(10)14-8-2-1-5-11(14)16/h3-4,7,9H,1-2,5-6,8H2. The van der Waals surface area contributed by atoms with Crippen LogP contribution in [0.1, 0.15) is 24.8 Å². The van der Waals surface area contributed by atoms with Crippen molar-refractivity contribution in [2.24, 2.45) is 0 Å². The molecular formula is C12H14N2O2. The van der Waals surface area contributed by atoms with Crippen LogP contribution in [-0.2, 0) is 16.0 Å². The topological polar surface area (TPSA) is 50.3 Å². The Morgan fingerprint density at radius 3 is 3.06 bits per heavy atom. The van der Waals surface area contributed by atoms with Crippen molar-refractivity contribution >= 4 is 18.0 Å². The molecule has 1 aliphatic rings. The summed E-state index contributed by atoms with van der Waals surface area (Å²) in [5, 5.41) is 0. The molecule has 0 atom stereocenters. The summed E-state index contributed by atoms with van der Waals surface area (Å²) in [7, 11) is 0. The normalized spacial score (nSPS) is 16.2. The lowest BCUT2D eigenvalue weighted by molar-refractivity contribution is -0.119. The Balaban J connectivity index is 2.30. The van der Waals surface area contributed by atoms with Crippen LogP contribution in [0, 0.1) is 0 Å². The van der Waals surface area contributed by atoms with E-state index in [2.05, 4.69) is 4.98 Å². The number of carbonyl (C=O) groups is 2. The third-order valence-corrected chi connectivity index (χ3v) is 2.75. The van der Waals surface area contributed by atoms with Crippen LogP contribution >= 0.6 is 0 Å². The number of nitrogens with zero attached hydrogens (tertiary/aromatic N) is 2. The van der Waals surface area contributed by atoms with E-state index in [4.69, 9.17) is 0 Å². The number of carbonyl (C=O) groups excluding carboxylic acids is 2. The molecule has 1 aromatic heterocycles. The number of hydrogen-bond acceptors (Lipinski definition) is 3. The molecule has 84 valence electrons. The summed E-state index contributed by atoms with van der Waals surface area (Å²) in [6.07, 6.45) is 5.35. The lowest BCUT2D eigenvalue weighted by atomic mass is 10.1. The molecule has 16 heavy (non-hydrogen) atoms. The van der Waals surface area contributed by atoms with Gasteiger partial charge in [-0.3, -0.25) is 9.69 Å². The zero-order chi connectivity index (χ0) is 11.4. The molecule has 2 rings (SSSR count). The third kappa shape index (κ3) is 2.10. The molecule has 0 spiro atoms. The van der Waals surface area contributed by atoms with Crippen molar-refractivity contribution in [2.45, 2.75) is 25.7 Å². The first kappa shape index (κ1) is 10.8. The monoisotopic (exact) mass is 218 g/mol. The summed E-state index contributed by atoms with van der Waals surface area (Å²) in [5.41, 5.74) is 0.827. The average molecular weight is 218 g/mol. The van der Waals surface area contributed by atoms with E-state index in [0.29, 0.717) is 25.2 Å². The average Bonchev–Trinajstić information content (AvgIpc) is 2.31. The highest BCUT2D eigenvalue weighted by Crippen LogP contribution is 2.22. The van der Waals surface area contributed by atoms with E-state index in [9.17, 15) is 9.59 Å². The Labute approximate surface area is 94.3 Å². The number of piperidine rings is 1. The summed E-state index contributed by atoms with van der Waals surface area (Å²) in [5.74, 6) is 0.761. The van der Waals surface area contributed by atoms with E-state index < -0.39 is 0 Å². The van der Waals surface area contributed by atoms with Crippen molar-refractivity contribution < 1.29 is 9.59 Å². The fraction of sp³-hybridized carbons (Fsp3) is 0.417. The molecule has 0 unspecified atom stereocenters. The summed E-state index contributed by atoms with van der Waals surface area (Å²) in [6.45, 7) is 0.710. The van der Waals surface area contributed by atoms with Gasteiger partial charge in [-0.25, -0.2) is 4.98 Å². The van der Waals surface area contributed by atoms with Gasteiger partial charge < -0.3 is 4.79 Å². The predicted octanol–water partition coefficient (Wildman–Crippen LogP) is 1.34. The Morgan fingerprint density at radius 1 is 1.44 bits per heavy atom. The third-order valence-electron chi connectivity index (χ3n) is 2.75. The largest absolute Gasteiger partial charge is 0.303 e. The molecule has 1 fully saturated rings. The maximum atomic E-state index is 11.7. The van der Waals surface area contributed by atoms with Crippen molar-refractivity contribution in [1.82, 2.24) is 4.98 Å². The van der Waals surface area contributed by atoms with Gasteiger partial charge in [0.2, 0.25) is 5.91 Å². The lowest BCUT2D eigenvalue weighted by Gasteiger charge is -2.27. The second-order valence-electron chi connectivity index (χ2n) is 3.86. The van der Waals surface area contributed by atoms with Gasteiger partial charge in [-0.05, 0) is 18.9 Å². The van der Waals surface area contributed by atoms with Crippen LogP contribution in [0.25, 0.3) is 0 Å². The summed E-state index contributed by atoms with van der Waals surface area (Å²) >= 11 is 0. The molecule has 0 N–H and O–H groups in total. The van der Waals surface area contributed by atoms with Crippen molar-refractivity contribution in [3.05, 3.63) is 23.9 Å². The number of aromatic nitrogens is 1. The molecular weight excluding hydrogens is 204 g/mol. The van der Waals surface area contributed by atoms with E-state index in [1.807, 2.05) is 6.07 Å². The quantitative estimate of drug-likeness (QED) is 0.719. The van der Waals surface area contributed by atoms with E-state index in [-0.39, 0.29) is 5.91 Å². The number of aldehydes is 1. The molecule has 1 amide bonds. The summed E-state index contributed by atoms with van der Waals surface area (Å²) in [4.78, 5) is 28.2. The fourth-order valence-corrected chi connectivity index (χ4v) is 1.95. The number of amides is 1. The van der Waals surface area contributed by atoms with E-state index in [0.717, 1.165) is 24.7 Å². The minimum absolute atomic E-state index is 0.108. The highest BCUT2D eigenvalue weighted by molar-refractivity contribution is 5.94. The minimum atomic E-state index is 0.108. The van der Waals surface area contributed by atoms with Gasteiger partial charge in [0.05, 0.1) is 0 Å². The van der Waals surface area contributed by atoms with Crippen LogP contribution in [0.5, 0.6) is 0 Å². The predicted molar refractivity (Wildman–Crippen MR) is 60.2 cm³/mol. The van der Waals surface area contributed by atoms with Crippen molar-refractivity contribution in [3.8, 4) is 0 Å². The maximum Gasteiger partial charge on any atom is 0.228 e. The smallest absolute Gasteiger partial charge is 0.228 e. The van der Waals surface area contributed by atoms with Gasteiger partial charge in [-0.15, -0.1) is 0 Å². The van der Waals surface area contributed by atoms with Crippen LogP contribution in [0.3, 0.4) is 0 Å². The Hall–Kier alpha value is -1.71. The van der Waals surface area contributed by atoms with Crippen molar-refractivity contribution in [1.29, 1.82) is 0 Å². The van der Waals surface area contributed by atoms with Gasteiger partial charge >= 0.3 is 0 Å². The highest BCUT2D eigenvalue weighted by atomic mass is 16.2. The van der Waals surface area contributed by atoms with Crippen molar-refractivity contribution in [3.63, 3.8) is 0 Å². The molecule has 4 nitrogen and oxygen atoms in total. The van der Waals surface area contributed by atoms with Gasteiger partial charge in [0.15, 0.2) is 0 Å². The van der Waals surface area contributed by atoms with Crippen molar-refractivity contribution in [2.75, 3.05) is 11.4 Å². The summed E-state index contributed by atoms with van der Waals surface area (Å²) in [6, 6.07) is 3.63.